The van der Waals surface area contributed by atoms with E-state index in [9.17, 15) is 0 Å². The molecule has 0 saturated carbocycles. The van der Waals surface area contributed by atoms with Gasteiger partial charge in [-0.05, 0) is 59.8 Å². The van der Waals surface area contributed by atoms with Crippen LogP contribution in [0.4, 0.5) is 0 Å². The lowest BCUT2D eigenvalue weighted by Gasteiger charge is -2.23. The molecule has 0 radical (unpaired) electrons. The Balaban J connectivity index is 3.33. The number of hydrogen-bond acceptors (Lipinski definition) is 0. The zero-order chi connectivity index (χ0) is 16.0. The molecule has 0 heteroatoms. The fraction of sp³-hybridized carbons (Fsp3) is 0.524. The second kappa shape index (κ2) is 8.22. The lowest BCUT2D eigenvalue weighted by atomic mass is 9.82. The van der Waals surface area contributed by atoms with E-state index in [4.69, 9.17) is 0 Å². The predicted molar refractivity (Wildman–Crippen MR) is 96.7 cm³/mol. The molecule has 0 aromatic heterocycles. The highest BCUT2D eigenvalue weighted by Crippen LogP contribution is 2.33. The molecule has 1 rings (SSSR count). The SMILES string of the molecule is C=CC=C(C)c1cccc(CC(C)C(C)C)c1C(C)CC. The van der Waals surface area contributed by atoms with Gasteiger partial charge in [0.15, 0.2) is 0 Å². The first-order chi connectivity index (χ1) is 9.92. The van der Waals surface area contributed by atoms with Crippen molar-refractivity contribution in [3.05, 3.63) is 53.6 Å². The smallest absolute Gasteiger partial charge is 0.0184 e. The van der Waals surface area contributed by atoms with Crippen LogP contribution in [0.25, 0.3) is 5.57 Å². The van der Waals surface area contributed by atoms with Gasteiger partial charge in [0.05, 0.1) is 0 Å². The molecule has 0 bridgehead atoms. The van der Waals surface area contributed by atoms with Crippen LogP contribution in [0, 0.1) is 11.8 Å². The zero-order valence-electron chi connectivity index (χ0n) is 14.7. The van der Waals surface area contributed by atoms with E-state index >= 15 is 0 Å². The Morgan fingerprint density at radius 2 is 1.86 bits per heavy atom. The Hall–Kier alpha value is -1.30. The molecule has 0 amide bonds. The topological polar surface area (TPSA) is 0 Å². The van der Waals surface area contributed by atoms with Crippen LogP contribution in [0.2, 0.25) is 0 Å². The highest BCUT2D eigenvalue weighted by molar-refractivity contribution is 5.69. The summed E-state index contributed by atoms with van der Waals surface area (Å²) in [6, 6.07) is 6.80. The molecule has 116 valence electrons. The quantitative estimate of drug-likeness (QED) is 0.493. The number of rotatable bonds is 7. The maximum atomic E-state index is 3.84. The van der Waals surface area contributed by atoms with Crippen LogP contribution in [0.1, 0.15) is 70.6 Å². The van der Waals surface area contributed by atoms with Crippen molar-refractivity contribution < 1.29 is 0 Å². The molecule has 2 atom stereocenters. The van der Waals surface area contributed by atoms with Gasteiger partial charge in [-0.25, -0.2) is 0 Å². The van der Waals surface area contributed by atoms with Crippen molar-refractivity contribution in [1.82, 2.24) is 0 Å². The van der Waals surface area contributed by atoms with Crippen molar-refractivity contribution in [3.63, 3.8) is 0 Å². The third-order valence-electron chi connectivity index (χ3n) is 4.77. The molecular weight excluding hydrogens is 252 g/mol. The third kappa shape index (κ3) is 4.59. The minimum Gasteiger partial charge on any atom is -0.0991 e. The molecule has 0 N–H and O–H groups in total. The minimum atomic E-state index is 0.601. The first-order valence-electron chi connectivity index (χ1n) is 8.33. The average molecular weight is 284 g/mol. The summed E-state index contributed by atoms with van der Waals surface area (Å²) in [4.78, 5) is 0. The van der Waals surface area contributed by atoms with Gasteiger partial charge in [-0.2, -0.15) is 0 Å². The highest BCUT2D eigenvalue weighted by Gasteiger charge is 2.17. The lowest BCUT2D eigenvalue weighted by Crippen LogP contribution is -2.11. The molecule has 1 aromatic rings. The van der Waals surface area contributed by atoms with Gasteiger partial charge in [-0.15, -0.1) is 0 Å². The molecule has 0 saturated heterocycles. The van der Waals surface area contributed by atoms with E-state index in [1.165, 1.54) is 29.5 Å². The van der Waals surface area contributed by atoms with Gasteiger partial charge in [-0.3, -0.25) is 0 Å². The van der Waals surface area contributed by atoms with Crippen LogP contribution in [-0.2, 0) is 6.42 Å². The van der Waals surface area contributed by atoms with E-state index in [1.807, 2.05) is 6.08 Å². The van der Waals surface area contributed by atoms with E-state index in [-0.39, 0.29) is 0 Å². The molecule has 0 spiro atoms. The van der Waals surface area contributed by atoms with Crippen molar-refractivity contribution in [2.24, 2.45) is 11.8 Å². The maximum absolute atomic E-state index is 3.84. The minimum absolute atomic E-state index is 0.601. The first kappa shape index (κ1) is 17.8. The summed E-state index contributed by atoms with van der Waals surface area (Å²) in [6.45, 7) is 17.7. The molecule has 1 aromatic carbocycles. The fourth-order valence-corrected chi connectivity index (χ4v) is 2.77. The molecule has 2 unspecified atom stereocenters. The first-order valence-corrected chi connectivity index (χ1v) is 8.33. The Bertz CT molecular complexity index is 491. The van der Waals surface area contributed by atoms with E-state index in [0.717, 1.165) is 5.92 Å². The summed E-state index contributed by atoms with van der Waals surface area (Å²) in [6.07, 6.45) is 6.37. The maximum Gasteiger partial charge on any atom is -0.0184 e. The molecule has 0 aliphatic rings. The molecule has 0 nitrogen and oxygen atoms in total. The van der Waals surface area contributed by atoms with E-state index < -0.39 is 0 Å². The van der Waals surface area contributed by atoms with E-state index in [1.54, 1.807) is 5.56 Å². The Kier molecular flexibility index (Phi) is 6.95. The van der Waals surface area contributed by atoms with Crippen LogP contribution in [0.15, 0.2) is 36.9 Å². The number of hydrogen-bond donors (Lipinski definition) is 0. The van der Waals surface area contributed by atoms with Crippen molar-refractivity contribution in [1.29, 1.82) is 0 Å². The van der Waals surface area contributed by atoms with Crippen LogP contribution in [-0.4, -0.2) is 0 Å². The highest BCUT2D eigenvalue weighted by atomic mass is 14.2. The van der Waals surface area contributed by atoms with Gasteiger partial charge in [-0.1, -0.05) is 71.5 Å². The second-order valence-electron chi connectivity index (χ2n) is 6.70. The third-order valence-corrected chi connectivity index (χ3v) is 4.77. The van der Waals surface area contributed by atoms with Crippen molar-refractivity contribution in [2.45, 2.75) is 60.3 Å². The summed E-state index contributed by atoms with van der Waals surface area (Å²) >= 11 is 0. The summed E-state index contributed by atoms with van der Waals surface area (Å²) in [5.41, 5.74) is 5.79. The Morgan fingerprint density at radius 3 is 2.38 bits per heavy atom. The average Bonchev–Trinajstić information content (AvgIpc) is 2.46. The normalized spacial score (nSPS) is 15.1. The Labute approximate surface area is 132 Å². The van der Waals surface area contributed by atoms with Crippen LogP contribution in [0.3, 0.4) is 0 Å². The largest absolute Gasteiger partial charge is 0.0991 e. The number of benzene rings is 1. The molecule has 21 heavy (non-hydrogen) atoms. The van der Waals surface area contributed by atoms with Gasteiger partial charge in [0.25, 0.3) is 0 Å². The van der Waals surface area contributed by atoms with Crippen LogP contribution >= 0.6 is 0 Å². The Morgan fingerprint density at radius 1 is 1.19 bits per heavy atom. The van der Waals surface area contributed by atoms with Gasteiger partial charge in [0.2, 0.25) is 0 Å². The lowest BCUT2D eigenvalue weighted by molar-refractivity contribution is 0.415. The molecule has 0 fully saturated rings. The summed E-state index contributed by atoms with van der Waals surface area (Å²) in [7, 11) is 0. The molecule has 0 aliphatic carbocycles. The fourth-order valence-electron chi connectivity index (χ4n) is 2.77. The second-order valence-corrected chi connectivity index (χ2v) is 6.70. The van der Waals surface area contributed by atoms with E-state index in [2.05, 4.69) is 72.4 Å². The zero-order valence-corrected chi connectivity index (χ0v) is 14.7. The van der Waals surface area contributed by atoms with Gasteiger partial charge in [0, 0.05) is 0 Å². The van der Waals surface area contributed by atoms with Gasteiger partial charge >= 0.3 is 0 Å². The summed E-state index contributed by atoms with van der Waals surface area (Å²) in [5.74, 6) is 2.04. The summed E-state index contributed by atoms with van der Waals surface area (Å²) in [5, 5.41) is 0. The van der Waals surface area contributed by atoms with E-state index in [0.29, 0.717) is 11.8 Å². The van der Waals surface area contributed by atoms with Crippen LogP contribution in [0.5, 0.6) is 0 Å². The molecule has 0 heterocycles. The van der Waals surface area contributed by atoms with Crippen molar-refractivity contribution in [3.8, 4) is 0 Å². The van der Waals surface area contributed by atoms with Crippen molar-refractivity contribution in [2.75, 3.05) is 0 Å². The van der Waals surface area contributed by atoms with Gasteiger partial charge < -0.3 is 0 Å². The predicted octanol–water partition coefficient (Wildman–Crippen LogP) is 6.62. The van der Waals surface area contributed by atoms with Crippen molar-refractivity contribution >= 4 is 5.57 Å². The van der Waals surface area contributed by atoms with Crippen LogP contribution < -0.4 is 0 Å². The summed E-state index contributed by atoms with van der Waals surface area (Å²) < 4.78 is 0. The van der Waals surface area contributed by atoms with Gasteiger partial charge in [0.1, 0.15) is 0 Å². The standard InChI is InChI=1S/C21H32/c1-8-11-17(6)20-13-10-12-19(14-18(7)15(3)4)21(20)16(5)9-2/h8,10-13,15-16,18H,1,9,14H2,2-7H3. The molecule has 0 aliphatic heterocycles. The monoisotopic (exact) mass is 284 g/mol. The molecular formula is C21H32. The number of allylic oxidation sites excluding steroid dienone is 3.